The molecule has 2 N–H and O–H groups in total. The Morgan fingerprint density at radius 1 is 1.27 bits per heavy atom. The van der Waals surface area contributed by atoms with Crippen molar-refractivity contribution in [1.82, 2.24) is 5.32 Å². The highest BCUT2D eigenvalue weighted by atomic mass is 35.5. The Balaban J connectivity index is 2.00. The van der Waals surface area contributed by atoms with Gasteiger partial charge < -0.3 is 15.2 Å². The monoisotopic (exact) mass is 319 g/mol. The number of ether oxygens (including phenoxy) is 1. The van der Waals surface area contributed by atoms with E-state index in [1.807, 2.05) is 48.5 Å². The van der Waals surface area contributed by atoms with Crippen molar-refractivity contribution in [2.24, 2.45) is 0 Å². The van der Waals surface area contributed by atoms with Crippen LogP contribution in [-0.2, 0) is 17.9 Å². The number of benzene rings is 2. The molecule has 0 radical (unpaired) electrons. The van der Waals surface area contributed by atoms with Crippen molar-refractivity contribution < 1.29 is 14.6 Å². The molecule has 2 aromatic rings. The molecule has 0 bridgehead atoms. The predicted molar refractivity (Wildman–Crippen MR) is 86.2 cm³/mol. The van der Waals surface area contributed by atoms with Crippen LogP contribution < -0.4 is 10.1 Å². The zero-order valence-corrected chi connectivity index (χ0v) is 13.0. The van der Waals surface area contributed by atoms with Gasteiger partial charge in [0.2, 0.25) is 0 Å². The summed E-state index contributed by atoms with van der Waals surface area (Å²) in [7, 11) is 0. The molecule has 0 aliphatic carbocycles. The number of carbonyl (C=O) groups is 1. The Morgan fingerprint density at radius 3 is 2.77 bits per heavy atom. The van der Waals surface area contributed by atoms with Crippen LogP contribution in [0.25, 0.3) is 0 Å². The van der Waals surface area contributed by atoms with Crippen molar-refractivity contribution in [3.63, 3.8) is 0 Å². The topological polar surface area (TPSA) is 58.6 Å². The molecule has 22 heavy (non-hydrogen) atoms. The highest BCUT2D eigenvalue weighted by Gasteiger charge is 2.11. The van der Waals surface area contributed by atoms with Gasteiger partial charge >= 0.3 is 5.97 Å². The molecule has 0 saturated heterocycles. The number of carboxylic acid groups (broad SMARTS) is 1. The van der Waals surface area contributed by atoms with Gasteiger partial charge in [0.1, 0.15) is 18.4 Å². The van der Waals surface area contributed by atoms with E-state index in [-0.39, 0.29) is 0 Å². The Kier molecular flexibility index (Phi) is 5.81. The summed E-state index contributed by atoms with van der Waals surface area (Å²) >= 11 is 5.95. The van der Waals surface area contributed by atoms with Gasteiger partial charge in [-0.25, -0.2) is 0 Å². The van der Waals surface area contributed by atoms with Gasteiger partial charge in [-0.3, -0.25) is 4.79 Å². The van der Waals surface area contributed by atoms with E-state index in [9.17, 15) is 4.79 Å². The first-order valence-corrected chi connectivity index (χ1v) is 7.35. The zero-order valence-electron chi connectivity index (χ0n) is 12.3. The third kappa shape index (κ3) is 4.76. The molecule has 5 heteroatoms. The van der Waals surface area contributed by atoms with Gasteiger partial charge in [-0.1, -0.05) is 41.9 Å². The van der Waals surface area contributed by atoms with E-state index >= 15 is 0 Å². The first kappa shape index (κ1) is 16.3. The molecule has 0 heterocycles. The van der Waals surface area contributed by atoms with Crippen molar-refractivity contribution in [2.45, 2.75) is 26.1 Å². The molecule has 2 aromatic carbocycles. The average Bonchev–Trinajstić information content (AvgIpc) is 2.51. The van der Waals surface area contributed by atoms with Gasteiger partial charge in [-0.15, -0.1) is 0 Å². The normalized spacial score (nSPS) is 11.9. The highest BCUT2D eigenvalue weighted by molar-refractivity contribution is 6.30. The third-order valence-electron chi connectivity index (χ3n) is 3.23. The minimum atomic E-state index is -0.877. The lowest BCUT2D eigenvalue weighted by atomic mass is 10.2. The molecule has 2 rings (SSSR count). The molecule has 0 fully saturated rings. The van der Waals surface area contributed by atoms with E-state index in [0.29, 0.717) is 18.2 Å². The van der Waals surface area contributed by atoms with Crippen LogP contribution in [0.1, 0.15) is 18.1 Å². The average molecular weight is 320 g/mol. The molecule has 1 unspecified atom stereocenters. The number of hydrogen-bond acceptors (Lipinski definition) is 3. The van der Waals surface area contributed by atoms with Gasteiger partial charge in [-0.2, -0.15) is 0 Å². The third-order valence-corrected chi connectivity index (χ3v) is 3.46. The lowest BCUT2D eigenvalue weighted by Gasteiger charge is -2.14. The smallest absolute Gasteiger partial charge is 0.320 e. The van der Waals surface area contributed by atoms with E-state index in [1.54, 1.807) is 6.92 Å². The first-order chi connectivity index (χ1) is 10.6. The fraction of sp³-hybridized carbons (Fsp3) is 0.235. The van der Waals surface area contributed by atoms with Crippen molar-refractivity contribution in [3.05, 3.63) is 64.7 Å². The molecule has 1 atom stereocenters. The molecule has 0 aliphatic rings. The second-order valence-corrected chi connectivity index (χ2v) is 5.40. The predicted octanol–water partition coefficient (Wildman–Crippen LogP) is 3.48. The summed E-state index contributed by atoms with van der Waals surface area (Å²) in [5.41, 5.74) is 1.90. The van der Waals surface area contributed by atoms with E-state index in [2.05, 4.69) is 5.32 Å². The highest BCUT2D eigenvalue weighted by Crippen LogP contribution is 2.20. The summed E-state index contributed by atoms with van der Waals surface area (Å²) < 4.78 is 5.82. The number of aliphatic carboxylic acids is 1. The lowest BCUT2D eigenvalue weighted by Crippen LogP contribution is -2.33. The Bertz CT molecular complexity index is 645. The van der Waals surface area contributed by atoms with Crippen LogP contribution in [0.4, 0.5) is 0 Å². The lowest BCUT2D eigenvalue weighted by molar-refractivity contribution is -0.139. The number of para-hydroxylation sites is 1. The van der Waals surface area contributed by atoms with Gasteiger partial charge in [0.05, 0.1) is 0 Å². The maximum atomic E-state index is 10.8. The van der Waals surface area contributed by atoms with Crippen molar-refractivity contribution in [2.75, 3.05) is 0 Å². The Hall–Kier alpha value is -2.04. The fourth-order valence-electron chi connectivity index (χ4n) is 1.93. The van der Waals surface area contributed by atoms with E-state index in [0.717, 1.165) is 16.9 Å². The van der Waals surface area contributed by atoms with E-state index in [4.69, 9.17) is 21.4 Å². The van der Waals surface area contributed by atoms with E-state index in [1.165, 1.54) is 0 Å². The molecule has 0 spiro atoms. The number of halogens is 1. The summed E-state index contributed by atoms with van der Waals surface area (Å²) in [5, 5.41) is 12.5. The summed E-state index contributed by atoms with van der Waals surface area (Å²) in [6.07, 6.45) is 0. The van der Waals surface area contributed by atoms with Gasteiger partial charge in [0.15, 0.2) is 0 Å². The summed E-state index contributed by atoms with van der Waals surface area (Å²) in [4.78, 5) is 10.8. The number of carboxylic acids is 1. The summed E-state index contributed by atoms with van der Waals surface area (Å²) in [6, 6.07) is 14.4. The van der Waals surface area contributed by atoms with Crippen LogP contribution in [-0.4, -0.2) is 17.1 Å². The minimum absolute atomic E-state index is 0.409. The molecular formula is C17H18ClNO3. The van der Waals surface area contributed by atoms with Gasteiger partial charge in [0, 0.05) is 17.1 Å². The number of hydrogen-bond donors (Lipinski definition) is 2. The number of nitrogens with one attached hydrogen (secondary N) is 1. The second-order valence-electron chi connectivity index (χ2n) is 4.97. The molecule has 116 valence electrons. The fourth-order valence-corrected chi connectivity index (χ4v) is 2.14. The number of rotatable bonds is 7. The summed E-state index contributed by atoms with van der Waals surface area (Å²) in [5.74, 6) is -0.148. The second kappa shape index (κ2) is 7.82. The van der Waals surface area contributed by atoms with Crippen LogP contribution >= 0.6 is 11.6 Å². The quantitative estimate of drug-likeness (QED) is 0.820. The van der Waals surface area contributed by atoms with Crippen molar-refractivity contribution >= 4 is 17.6 Å². The van der Waals surface area contributed by atoms with Crippen LogP contribution in [0.2, 0.25) is 5.02 Å². The largest absolute Gasteiger partial charge is 0.489 e. The maximum Gasteiger partial charge on any atom is 0.320 e. The van der Waals surface area contributed by atoms with Crippen LogP contribution in [0.15, 0.2) is 48.5 Å². The maximum absolute atomic E-state index is 10.8. The molecule has 0 aliphatic heterocycles. The van der Waals surface area contributed by atoms with Crippen LogP contribution in [0.3, 0.4) is 0 Å². The Morgan fingerprint density at radius 2 is 2.05 bits per heavy atom. The first-order valence-electron chi connectivity index (χ1n) is 6.97. The minimum Gasteiger partial charge on any atom is -0.489 e. The zero-order chi connectivity index (χ0) is 15.9. The van der Waals surface area contributed by atoms with Crippen molar-refractivity contribution in [3.8, 4) is 5.75 Å². The Labute approximate surface area is 134 Å². The standard InChI is InChI=1S/C17H18ClNO3/c1-12(17(20)21)19-10-14-6-2-3-8-16(14)22-11-13-5-4-7-15(18)9-13/h2-9,12,19H,10-11H2,1H3,(H,20,21). The molecule has 4 nitrogen and oxygen atoms in total. The molecule has 0 aromatic heterocycles. The molecular weight excluding hydrogens is 302 g/mol. The summed E-state index contributed by atoms with van der Waals surface area (Å²) in [6.45, 7) is 2.45. The van der Waals surface area contributed by atoms with Gasteiger partial charge in [-0.05, 0) is 30.7 Å². The van der Waals surface area contributed by atoms with Crippen molar-refractivity contribution in [1.29, 1.82) is 0 Å². The van der Waals surface area contributed by atoms with E-state index < -0.39 is 12.0 Å². The van der Waals surface area contributed by atoms with Gasteiger partial charge in [0.25, 0.3) is 0 Å². The SMILES string of the molecule is CC(NCc1ccccc1OCc1cccc(Cl)c1)C(=O)O. The van der Waals surface area contributed by atoms with Crippen LogP contribution in [0, 0.1) is 0 Å². The molecule has 0 saturated carbocycles. The molecule has 0 amide bonds. The van der Waals surface area contributed by atoms with Crippen LogP contribution in [0.5, 0.6) is 5.75 Å².